The van der Waals surface area contributed by atoms with E-state index in [2.05, 4.69) is 26.1 Å². The summed E-state index contributed by atoms with van der Waals surface area (Å²) in [5.41, 5.74) is 4.68. The Morgan fingerprint density at radius 3 is 2.72 bits per heavy atom. The second-order valence-electron chi connectivity index (χ2n) is 10.7. The first-order chi connectivity index (χ1) is 19.0. The molecular weight excluding hydrogens is 558 g/mol. The molecule has 8 nitrogen and oxygen atoms in total. The van der Waals surface area contributed by atoms with Crippen molar-refractivity contribution in [3.63, 3.8) is 0 Å². The Labute approximate surface area is 237 Å². The van der Waals surface area contributed by atoms with Crippen molar-refractivity contribution in [2.75, 3.05) is 13.1 Å². The molecule has 1 saturated carbocycles. The van der Waals surface area contributed by atoms with Gasteiger partial charge < -0.3 is 14.5 Å². The lowest BCUT2D eigenvalue weighted by molar-refractivity contribution is -0.140. The van der Waals surface area contributed by atoms with E-state index in [4.69, 9.17) is 4.74 Å². The van der Waals surface area contributed by atoms with Gasteiger partial charge in [0.05, 0.1) is 18.8 Å². The zero-order valence-electron chi connectivity index (χ0n) is 22.3. The lowest BCUT2D eigenvalue weighted by Gasteiger charge is -2.42. The van der Waals surface area contributed by atoms with Crippen molar-refractivity contribution in [3.8, 4) is 5.75 Å². The highest BCUT2D eigenvalue weighted by molar-refractivity contribution is 9.10. The number of hydrogen-bond donors (Lipinski definition) is 0. The van der Waals surface area contributed by atoms with E-state index < -0.39 is 0 Å². The summed E-state index contributed by atoms with van der Waals surface area (Å²) in [6, 6.07) is 11.5. The molecule has 3 heterocycles. The Bertz CT molecular complexity index is 1380. The molecule has 0 radical (unpaired) electrons. The van der Waals surface area contributed by atoms with E-state index in [9.17, 15) is 9.59 Å². The molecule has 3 aliphatic rings. The predicted molar refractivity (Wildman–Crippen MR) is 150 cm³/mol. The van der Waals surface area contributed by atoms with Crippen LogP contribution in [0.4, 0.5) is 0 Å². The Balaban J connectivity index is 1.35. The smallest absolute Gasteiger partial charge is 0.254 e. The summed E-state index contributed by atoms with van der Waals surface area (Å²) in [6.45, 7) is 4.59. The molecule has 2 aromatic carbocycles. The summed E-state index contributed by atoms with van der Waals surface area (Å²) in [4.78, 5) is 33.0. The average Bonchev–Trinajstić information content (AvgIpc) is 3.57. The molecular formula is C30H34BrN5O3. The third kappa shape index (κ3) is 5.09. The van der Waals surface area contributed by atoms with Gasteiger partial charge in [0.2, 0.25) is 5.91 Å². The minimum atomic E-state index is -0.291. The van der Waals surface area contributed by atoms with Gasteiger partial charge in [-0.3, -0.25) is 9.59 Å². The summed E-state index contributed by atoms with van der Waals surface area (Å²) in [5.74, 6) is 1.02. The third-order valence-corrected chi connectivity index (χ3v) is 9.08. The lowest BCUT2D eigenvalue weighted by atomic mass is 9.85. The Kier molecular flexibility index (Phi) is 7.42. The quantitative estimate of drug-likeness (QED) is 0.372. The van der Waals surface area contributed by atoms with Gasteiger partial charge in [-0.05, 0) is 55.5 Å². The van der Waals surface area contributed by atoms with Crippen LogP contribution in [0.5, 0.6) is 5.75 Å². The largest absolute Gasteiger partial charge is 0.487 e. The van der Waals surface area contributed by atoms with Crippen LogP contribution in [0.3, 0.4) is 0 Å². The number of ether oxygens (including phenoxy) is 1. The molecule has 9 heteroatoms. The highest BCUT2D eigenvalue weighted by atomic mass is 79.9. The van der Waals surface area contributed by atoms with Crippen molar-refractivity contribution in [2.45, 2.75) is 71.2 Å². The third-order valence-electron chi connectivity index (χ3n) is 8.34. The molecule has 1 aromatic heterocycles. The van der Waals surface area contributed by atoms with E-state index in [1.165, 1.54) is 6.42 Å². The first-order valence-corrected chi connectivity index (χ1v) is 14.8. The highest BCUT2D eigenvalue weighted by Crippen LogP contribution is 2.43. The van der Waals surface area contributed by atoms with Gasteiger partial charge in [-0.25, -0.2) is 0 Å². The van der Waals surface area contributed by atoms with E-state index in [-0.39, 0.29) is 30.4 Å². The minimum Gasteiger partial charge on any atom is -0.487 e. The van der Waals surface area contributed by atoms with Gasteiger partial charge in [0, 0.05) is 41.2 Å². The van der Waals surface area contributed by atoms with Gasteiger partial charge in [-0.2, -0.15) is 15.0 Å². The van der Waals surface area contributed by atoms with Gasteiger partial charge in [0.15, 0.2) is 0 Å². The van der Waals surface area contributed by atoms with E-state index in [1.807, 2.05) is 53.1 Å². The Hall–Kier alpha value is -3.20. The van der Waals surface area contributed by atoms with Crippen molar-refractivity contribution in [2.24, 2.45) is 5.92 Å². The Morgan fingerprint density at radius 1 is 1.13 bits per heavy atom. The zero-order chi connectivity index (χ0) is 26.9. The van der Waals surface area contributed by atoms with Crippen LogP contribution >= 0.6 is 15.9 Å². The van der Waals surface area contributed by atoms with E-state index in [1.54, 1.807) is 11.0 Å². The number of rotatable bonds is 7. The van der Waals surface area contributed by atoms with Crippen LogP contribution in [0.15, 0.2) is 47.1 Å². The van der Waals surface area contributed by atoms with E-state index in [0.717, 1.165) is 70.3 Å². The number of fused-ring (bicyclic) bond motifs is 2. The van der Waals surface area contributed by atoms with Crippen molar-refractivity contribution in [3.05, 3.63) is 75.0 Å². The summed E-state index contributed by atoms with van der Waals surface area (Å²) in [6.07, 6.45) is 7.75. The van der Waals surface area contributed by atoms with Crippen molar-refractivity contribution in [1.29, 1.82) is 0 Å². The molecule has 204 valence electrons. The van der Waals surface area contributed by atoms with Gasteiger partial charge in [0.1, 0.15) is 18.1 Å². The number of carbonyl (C=O) groups excluding carboxylic acids is 2. The molecule has 0 saturated heterocycles. The molecule has 2 aliphatic heterocycles. The molecule has 0 N–H and O–H groups in total. The summed E-state index contributed by atoms with van der Waals surface area (Å²) >= 11 is 3.77. The molecule has 6 rings (SSSR count). The maximum atomic E-state index is 14.0. The number of amides is 2. The maximum absolute atomic E-state index is 14.0. The second-order valence-corrected chi connectivity index (χ2v) is 11.6. The zero-order valence-corrected chi connectivity index (χ0v) is 23.9. The molecule has 3 aromatic rings. The normalized spacial score (nSPS) is 19.2. The SMILES string of the molecule is CCn1ncc(COc2ccc(Br)c3c2[C@@H](CN2Cc4ccccc4C2=O)N(C(=O)C2CCCCC2)CC3)n1. The highest BCUT2D eigenvalue weighted by Gasteiger charge is 2.40. The molecule has 1 fully saturated rings. The van der Waals surface area contributed by atoms with Crippen molar-refractivity contribution >= 4 is 27.7 Å². The number of hydrogen-bond acceptors (Lipinski definition) is 5. The number of carbonyl (C=O) groups is 2. The van der Waals surface area contributed by atoms with Crippen LogP contribution in [-0.4, -0.2) is 49.7 Å². The van der Waals surface area contributed by atoms with Crippen LogP contribution < -0.4 is 4.74 Å². The second kappa shape index (κ2) is 11.1. The average molecular weight is 593 g/mol. The minimum absolute atomic E-state index is 0.0245. The van der Waals surface area contributed by atoms with Crippen molar-refractivity contribution in [1.82, 2.24) is 24.8 Å². The van der Waals surface area contributed by atoms with Crippen molar-refractivity contribution < 1.29 is 14.3 Å². The molecule has 39 heavy (non-hydrogen) atoms. The number of nitrogens with zero attached hydrogens (tertiary/aromatic N) is 5. The number of aromatic nitrogens is 3. The molecule has 1 aliphatic carbocycles. The van der Waals surface area contributed by atoms with Crippen LogP contribution in [0.1, 0.15) is 77.8 Å². The van der Waals surface area contributed by atoms with E-state index in [0.29, 0.717) is 26.2 Å². The number of halogens is 1. The van der Waals surface area contributed by atoms with Crippen LogP contribution in [0.25, 0.3) is 0 Å². The summed E-state index contributed by atoms with van der Waals surface area (Å²) in [5, 5.41) is 8.73. The predicted octanol–water partition coefficient (Wildman–Crippen LogP) is 5.30. The van der Waals surface area contributed by atoms with Gasteiger partial charge in [0.25, 0.3) is 5.91 Å². The van der Waals surface area contributed by atoms with E-state index >= 15 is 0 Å². The molecule has 0 bridgehead atoms. The van der Waals surface area contributed by atoms with Crippen LogP contribution in [0.2, 0.25) is 0 Å². The summed E-state index contributed by atoms with van der Waals surface area (Å²) in [7, 11) is 0. The first kappa shape index (κ1) is 26.0. The molecule has 1 atom stereocenters. The van der Waals surface area contributed by atoms with Gasteiger partial charge in [-0.1, -0.05) is 53.4 Å². The standard InChI is InChI=1S/C30H34BrN5O3/c1-2-36-32-16-22(33-36)19-39-27-13-12-25(31)24-14-15-35(29(37)20-8-4-3-5-9-20)26(28(24)27)18-34-17-21-10-6-7-11-23(21)30(34)38/h6-7,10-13,16,20,26H,2-5,8-9,14-15,17-19H2,1H3/t26-/m1/s1. The summed E-state index contributed by atoms with van der Waals surface area (Å²) < 4.78 is 7.39. The molecule has 0 spiro atoms. The van der Waals surface area contributed by atoms with Gasteiger partial charge >= 0.3 is 0 Å². The molecule has 0 unspecified atom stereocenters. The van der Waals surface area contributed by atoms with Crippen LogP contribution in [-0.2, 0) is 30.9 Å². The Morgan fingerprint density at radius 2 is 1.95 bits per heavy atom. The fourth-order valence-electron chi connectivity index (χ4n) is 6.32. The molecule has 2 amide bonds. The first-order valence-electron chi connectivity index (χ1n) is 14.0. The fourth-order valence-corrected chi connectivity index (χ4v) is 6.86. The van der Waals surface area contributed by atoms with Crippen LogP contribution in [0, 0.1) is 5.92 Å². The number of benzene rings is 2. The van der Waals surface area contributed by atoms with Gasteiger partial charge in [-0.15, -0.1) is 0 Å². The fraction of sp³-hybridized carbons (Fsp3) is 0.467. The number of aryl methyl sites for hydroxylation is 1. The lowest BCUT2D eigenvalue weighted by Crippen LogP contribution is -2.48. The maximum Gasteiger partial charge on any atom is 0.254 e. The topological polar surface area (TPSA) is 80.6 Å². The monoisotopic (exact) mass is 591 g/mol.